The second-order valence-electron chi connectivity index (χ2n) is 2.61. The zero-order valence-corrected chi connectivity index (χ0v) is 9.68. The molecule has 13 heavy (non-hydrogen) atoms. The maximum absolute atomic E-state index is 8.67. The summed E-state index contributed by atoms with van der Waals surface area (Å²) >= 11 is -0.223. The molecule has 0 spiro atoms. The van der Waals surface area contributed by atoms with E-state index in [9.17, 15) is 0 Å². The van der Waals surface area contributed by atoms with E-state index in [0.29, 0.717) is 5.69 Å². The van der Waals surface area contributed by atoms with Crippen LogP contribution >= 0.6 is 0 Å². The van der Waals surface area contributed by atoms with Gasteiger partial charge in [0.2, 0.25) is 0 Å². The molecule has 0 heterocycles. The van der Waals surface area contributed by atoms with E-state index >= 15 is 0 Å². The average molecular weight is 243 g/mol. The van der Waals surface area contributed by atoms with Gasteiger partial charge in [-0.15, -0.1) is 0 Å². The van der Waals surface area contributed by atoms with Gasteiger partial charge in [0.15, 0.2) is 0 Å². The SMILES string of the molecule is COc1ccc([AsH]CCO)cc1N. The first-order valence-corrected chi connectivity index (χ1v) is 6.59. The summed E-state index contributed by atoms with van der Waals surface area (Å²) in [6, 6.07) is 5.84. The van der Waals surface area contributed by atoms with Gasteiger partial charge in [-0.3, -0.25) is 0 Å². The number of aliphatic hydroxyl groups is 1. The quantitative estimate of drug-likeness (QED) is 0.566. The molecular weight excluding hydrogens is 229 g/mol. The van der Waals surface area contributed by atoms with Crippen molar-refractivity contribution in [3.05, 3.63) is 18.2 Å². The van der Waals surface area contributed by atoms with Crippen LogP contribution in [0.4, 0.5) is 5.69 Å². The van der Waals surface area contributed by atoms with Gasteiger partial charge < -0.3 is 0 Å². The number of hydrogen-bond acceptors (Lipinski definition) is 3. The first kappa shape index (κ1) is 10.4. The fourth-order valence-corrected chi connectivity index (χ4v) is 2.85. The third kappa shape index (κ3) is 2.94. The molecule has 0 aliphatic rings. The van der Waals surface area contributed by atoms with Gasteiger partial charge in [-0.25, -0.2) is 0 Å². The molecule has 1 aromatic rings. The molecule has 3 nitrogen and oxygen atoms in total. The fourth-order valence-electron chi connectivity index (χ4n) is 1.04. The summed E-state index contributed by atoms with van der Waals surface area (Å²) in [5, 5.41) is 9.57. The molecule has 4 heteroatoms. The first-order chi connectivity index (χ1) is 6.27. The number of anilines is 1. The molecule has 0 radical (unpaired) electrons. The molecule has 0 aromatic heterocycles. The van der Waals surface area contributed by atoms with Crippen LogP contribution < -0.4 is 14.8 Å². The van der Waals surface area contributed by atoms with Crippen molar-refractivity contribution in [1.29, 1.82) is 0 Å². The number of nitrogens with two attached hydrogens (primary N) is 1. The molecule has 0 fully saturated rings. The Balaban J connectivity index is 2.71. The molecule has 0 aliphatic carbocycles. The Labute approximate surface area is 84.6 Å². The molecular formula is C9H14AsNO2. The van der Waals surface area contributed by atoms with E-state index in [2.05, 4.69) is 0 Å². The normalized spacial score (nSPS) is 10.9. The maximum atomic E-state index is 8.67. The predicted molar refractivity (Wildman–Crippen MR) is 56.1 cm³/mol. The zero-order chi connectivity index (χ0) is 9.68. The molecule has 72 valence electrons. The van der Waals surface area contributed by atoms with Crippen LogP contribution in [0.2, 0.25) is 5.21 Å². The van der Waals surface area contributed by atoms with E-state index in [-0.39, 0.29) is 22.4 Å². The van der Waals surface area contributed by atoms with Gasteiger partial charge in [-0.05, 0) is 0 Å². The Morgan fingerprint density at radius 3 is 2.85 bits per heavy atom. The van der Waals surface area contributed by atoms with Crippen molar-refractivity contribution in [2.24, 2.45) is 0 Å². The molecule has 0 amide bonds. The van der Waals surface area contributed by atoms with Crippen LogP contribution in [0.3, 0.4) is 0 Å². The van der Waals surface area contributed by atoms with E-state index in [4.69, 9.17) is 15.6 Å². The van der Waals surface area contributed by atoms with Crippen molar-refractivity contribution in [2.45, 2.75) is 5.21 Å². The third-order valence-corrected chi connectivity index (χ3v) is 4.17. The van der Waals surface area contributed by atoms with E-state index in [1.807, 2.05) is 18.2 Å². The molecule has 1 unspecified atom stereocenters. The van der Waals surface area contributed by atoms with Crippen LogP contribution in [0.5, 0.6) is 5.75 Å². The second-order valence-corrected chi connectivity index (χ2v) is 5.61. The molecule has 0 aliphatic heterocycles. The molecule has 0 bridgehead atoms. The number of benzene rings is 1. The number of rotatable bonds is 4. The van der Waals surface area contributed by atoms with Crippen molar-refractivity contribution < 1.29 is 9.84 Å². The number of nitrogen functional groups attached to an aromatic ring is 1. The van der Waals surface area contributed by atoms with Crippen LogP contribution in [-0.4, -0.2) is 34.6 Å². The number of methoxy groups -OCH3 is 1. The molecule has 1 aromatic carbocycles. The van der Waals surface area contributed by atoms with Crippen molar-refractivity contribution in [3.63, 3.8) is 0 Å². The molecule has 0 saturated heterocycles. The Kier molecular flexibility index (Phi) is 4.13. The summed E-state index contributed by atoms with van der Waals surface area (Å²) in [4.78, 5) is 0. The van der Waals surface area contributed by atoms with Crippen LogP contribution in [-0.2, 0) is 0 Å². The minimum atomic E-state index is -0.223. The van der Waals surface area contributed by atoms with Gasteiger partial charge in [0, 0.05) is 0 Å². The van der Waals surface area contributed by atoms with E-state index < -0.39 is 0 Å². The van der Waals surface area contributed by atoms with Gasteiger partial charge in [0.1, 0.15) is 0 Å². The molecule has 0 saturated carbocycles. The Morgan fingerprint density at radius 1 is 1.54 bits per heavy atom. The first-order valence-electron chi connectivity index (χ1n) is 4.06. The zero-order valence-electron chi connectivity index (χ0n) is 7.58. The Hall–Kier alpha value is -0.662. The Morgan fingerprint density at radius 2 is 2.31 bits per heavy atom. The van der Waals surface area contributed by atoms with Gasteiger partial charge >= 0.3 is 84.2 Å². The Bertz CT molecular complexity index is 278. The van der Waals surface area contributed by atoms with E-state index in [1.54, 1.807) is 7.11 Å². The fraction of sp³-hybridized carbons (Fsp3) is 0.333. The third-order valence-electron chi connectivity index (χ3n) is 1.67. The molecule has 1 atom stereocenters. The number of ether oxygens (including phenoxy) is 1. The predicted octanol–water partition coefficient (Wildman–Crippen LogP) is -0.250. The van der Waals surface area contributed by atoms with Crippen molar-refractivity contribution >= 4 is 25.8 Å². The van der Waals surface area contributed by atoms with Crippen molar-refractivity contribution in [1.82, 2.24) is 0 Å². The van der Waals surface area contributed by atoms with E-state index in [0.717, 1.165) is 11.0 Å². The summed E-state index contributed by atoms with van der Waals surface area (Å²) in [6.07, 6.45) is 0. The summed E-state index contributed by atoms with van der Waals surface area (Å²) in [5.41, 5.74) is 6.42. The van der Waals surface area contributed by atoms with Crippen LogP contribution in [0.25, 0.3) is 0 Å². The number of aliphatic hydroxyl groups excluding tert-OH is 1. The summed E-state index contributed by atoms with van der Waals surface area (Å²) in [7, 11) is 1.61. The molecule has 3 N–H and O–H groups in total. The van der Waals surface area contributed by atoms with Crippen molar-refractivity contribution in [3.8, 4) is 5.75 Å². The standard InChI is InChI=1S/C9H14AsNO2/c1-13-9-3-2-7(6-8(9)11)10-4-5-12/h2-3,6,10,12H,4-5,11H2,1H3. The number of hydrogen-bond donors (Lipinski definition) is 2. The summed E-state index contributed by atoms with van der Waals surface area (Å²) in [6.45, 7) is 0.270. The van der Waals surface area contributed by atoms with Gasteiger partial charge in [0.05, 0.1) is 0 Å². The van der Waals surface area contributed by atoms with Gasteiger partial charge in [-0.2, -0.15) is 0 Å². The van der Waals surface area contributed by atoms with Crippen LogP contribution in [0, 0.1) is 0 Å². The molecule has 1 rings (SSSR count). The summed E-state index contributed by atoms with van der Waals surface area (Å²) in [5.74, 6) is 0.722. The van der Waals surface area contributed by atoms with Crippen LogP contribution in [0.1, 0.15) is 0 Å². The van der Waals surface area contributed by atoms with Gasteiger partial charge in [-0.1, -0.05) is 0 Å². The van der Waals surface area contributed by atoms with Gasteiger partial charge in [0.25, 0.3) is 0 Å². The minimum absolute atomic E-state index is 0.223. The van der Waals surface area contributed by atoms with Crippen LogP contribution in [0.15, 0.2) is 18.2 Å². The topological polar surface area (TPSA) is 55.5 Å². The second kappa shape index (κ2) is 5.15. The monoisotopic (exact) mass is 243 g/mol. The average Bonchev–Trinajstić information content (AvgIpc) is 2.15. The van der Waals surface area contributed by atoms with E-state index in [1.165, 1.54) is 4.35 Å². The van der Waals surface area contributed by atoms with Crippen molar-refractivity contribution in [2.75, 3.05) is 19.5 Å². The summed E-state index contributed by atoms with van der Waals surface area (Å²) < 4.78 is 6.30.